The van der Waals surface area contributed by atoms with Crippen LogP contribution in [0.3, 0.4) is 0 Å². The van der Waals surface area contributed by atoms with Crippen molar-refractivity contribution in [3.63, 3.8) is 0 Å². The quantitative estimate of drug-likeness (QED) is 0.798. The molecule has 0 radical (unpaired) electrons. The summed E-state index contributed by atoms with van der Waals surface area (Å²) >= 11 is 0. The van der Waals surface area contributed by atoms with Gasteiger partial charge in [0.1, 0.15) is 0 Å². The third kappa shape index (κ3) is 4.09. The van der Waals surface area contributed by atoms with Crippen molar-refractivity contribution in [3.05, 3.63) is 48.8 Å². The summed E-state index contributed by atoms with van der Waals surface area (Å²) in [6, 6.07) is 12.2. The predicted molar refractivity (Wildman–Crippen MR) is 111 cm³/mol. The molecule has 0 saturated carbocycles. The predicted octanol–water partition coefficient (Wildman–Crippen LogP) is 1.34. The van der Waals surface area contributed by atoms with Crippen LogP contribution in [0.4, 0.5) is 11.6 Å². The Balaban J connectivity index is 1.27. The summed E-state index contributed by atoms with van der Waals surface area (Å²) < 4.78 is 0. The molecule has 28 heavy (non-hydrogen) atoms. The number of piperazine rings is 2. The zero-order valence-electron chi connectivity index (χ0n) is 16.4. The first-order chi connectivity index (χ1) is 13.7. The molecule has 0 spiro atoms. The van der Waals surface area contributed by atoms with Gasteiger partial charge in [0.25, 0.3) is 0 Å². The molecule has 2 aliphatic rings. The zero-order valence-corrected chi connectivity index (χ0v) is 16.4. The molecule has 1 aromatic carbocycles. The van der Waals surface area contributed by atoms with Gasteiger partial charge < -0.3 is 14.7 Å². The number of benzene rings is 1. The summed E-state index contributed by atoms with van der Waals surface area (Å²) in [6.45, 7) is 8.81. The average Bonchev–Trinajstić information content (AvgIpc) is 2.79. The standard InChI is InChI=1S/C21H28N6O/c1-18(24-10-16-27(17-11-24)21-22-8-5-9-23-21)20(28)26-14-12-25(13-15-26)19-6-3-2-4-7-19/h2-9,18H,10-17H2,1H3. The van der Waals surface area contributed by atoms with Crippen LogP contribution in [0.1, 0.15) is 6.92 Å². The van der Waals surface area contributed by atoms with Crippen LogP contribution in [-0.4, -0.2) is 84.1 Å². The van der Waals surface area contributed by atoms with Crippen LogP contribution in [0.5, 0.6) is 0 Å². The maximum absolute atomic E-state index is 13.0. The summed E-state index contributed by atoms with van der Waals surface area (Å²) in [7, 11) is 0. The Morgan fingerprint density at radius 3 is 2.07 bits per heavy atom. The number of carbonyl (C=O) groups is 1. The van der Waals surface area contributed by atoms with Gasteiger partial charge in [-0.15, -0.1) is 0 Å². The Bertz CT molecular complexity index is 755. The van der Waals surface area contributed by atoms with Gasteiger partial charge in [0.05, 0.1) is 6.04 Å². The molecular formula is C21H28N6O. The first-order valence-electron chi connectivity index (χ1n) is 10.1. The van der Waals surface area contributed by atoms with E-state index in [0.717, 1.165) is 58.3 Å². The second kappa shape index (κ2) is 8.56. The molecule has 148 valence electrons. The maximum Gasteiger partial charge on any atom is 0.239 e. The van der Waals surface area contributed by atoms with E-state index in [4.69, 9.17) is 0 Å². The Labute approximate surface area is 166 Å². The molecule has 7 heteroatoms. The van der Waals surface area contributed by atoms with Crippen LogP contribution in [0, 0.1) is 0 Å². The molecule has 2 saturated heterocycles. The van der Waals surface area contributed by atoms with E-state index in [9.17, 15) is 4.79 Å². The van der Waals surface area contributed by atoms with Crippen LogP contribution < -0.4 is 9.80 Å². The van der Waals surface area contributed by atoms with Crippen molar-refractivity contribution in [2.24, 2.45) is 0 Å². The fraction of sp³-hybridized carbons (Fsp3) is 0.476. The minimum absolute atomic E-state index is 0.0814. The highest BCUT2D eigenvalue weighted by molar-refractivity contribution is 5.81. The first-order valence-corrected chi connectivity index (χ1v) is 10.1. The lowest BCUT2D eigenvalue weighted by Crippen LogP contribution is -2.57. The van der Waals surface area contributed by atoms with E-state index in [2.05, 4.69) is 48.9 Å². The van der Waals surface area contributed by atoms with E-state index in [-0.39, 0.29) is 11.9 Å². The van der Waals surface area contributed by atoms with Crippen LogP contribution in [-0.2, 0) is 4.79 Å². The normalized spacial score (nSPS) is 19.5. The Hall–Kier alpha value is -2.67. The minimum Gasteiger partial charge on any atom is -0.368 e. The van der Waals surface area contributed by atoms with E-state index >= 15 is 0 Å². The van der Waals surface area contributed by atoms with E-state index < -0.39 is 0 Å². The molecule has 1 amide bonds. The molecule has 2 fully saturated rings. The smallest absolute Gasteiger partial charge is 0.239 e. The maximum atomic E-state index is 13.0. The highest BCUT2D eigenvalue weighted by Crippen LogP contribution is 2.17. The molecule has 7 nitrogen and oxygen atoms in total. The number of hydrogen-bond acceptors (Lipinski definition) is 6. The van der Waals surface area contributed by atoms with Crippen LogP contribution in [0.2, 0.25) is 0 Å². The van der Waals surface area contributed by atoms with Crippen molar-refractivity contribution in [1.29, 1.82) is 0 Å². The number of hydrogen-bond donors (Lipinski definition) is 0. The van der Waals surface area contributed by atoms with Crippen LogP contribution in [0.15, 0.2) is 48.8 Å². The number of nitrogens with zero attached hydrogens (tertiary/aromatic N) is 6. The number of para-hydroxylation sites is 1. The van der Waals surface area contributed by atoms with Gasteiger partial charge in [0, 0.05) is 70.4 Å². The van der Waals surface area contributed by atoms with Crippen molar-refractivity contribution in [2.75, 3.05) is 62.2 Å². The van der Waals surface area contributed by atoms with Gasteiger partial charge in [0.2, 0.25) is 11.9 Å². The van der Waals surface area contributed by atoms with Crippen molar-refractivity contribution < 1.29 is 4.79 Å². The fourth-order valence-corrected chi connectivity index (χ4v) is 4.01. The van der Waals surface area contributed by atoms with Crippen LogP contribution in [0.25, 0.3) is 0 Å². The topological polar surface area (TPSA) is 55.8 Å². The van der Waals surface area contributed by atoms with E-state index in [0.29, 0.717) is 0 Å². The largest absolute Gasteiger partial charge is 0.368 e. The highest BCUT2D eigenvalue weighted by Gasteiger charge is 2.30. The third-order valence-corrected chi connectivity index (χ3v) is 5.77. The Morgan fingerprint density at radius 1 is 0.821 bits per heavy atom. The van der Waals surface area contributed by atoms with Crippen LogP contribution >= 0.6 is 0 Å². The van der Waals surface area contributed by atoms with Crippen molar-refractivity contribution in [2.45, 2.75) is 13.0 Å². The summed E-state index contributed by atoms with van der Waals surface area (Å²) in [6.07, 6.45) is 3.55. The summed E-state index contributed by atoms with van der Waals surface area (Å²) in [5.41, 5.74) is 1.24. The molecule has 2 aromatic rings. The zero-order chi connectivity index (χ0) is 19.3. The average molecular weight is 380 g/mol. The first kappa shape index (κ1) is 18.7. The lowest BCUT2D eigenvalue weighted by Gasteiger charge is -2.41. The van der Waals surface area contributed by atoms with Gasteiger partial charge in [-0.3, -0.25) is 9.69 Å². The number of carbonyl (C=O) groups excluding carboxylic acids is 1. The van der Waals surface area contributed by atoms with Crippen molar-refractivity contribution >= 4 is 17.5 Å². The van der Waals surface area contributed by atoms with Crippen molar-refractivity contribution in [1.82, 2.24) is 19.8 Å². The molecule has 0 bridgehead atoms. The molecule has 3 heterocycles. The molecule has 2 aliphatic heterocycles. The summed E-state index contributed by atoms with van der Waals surface area (Å²) in [5, 5.41) is 0. The molecular weight excluding hydrogens is 352 g/mol. The number of rotatable bonds is 4. The SMILES string of the molecule is CC(C(=O)N1CCN(c2ccccc2)CC1)N1CCN(c2ncccn2)CC1. The number of amides is 1. The Morgan fingerprint density at radius 2 is 1.43 bits per heavy atom. The lowest BCUT2D eigenvalue weighted by molar-refractivity contribution is -0.136. The number of anilines is 2. The van der Waals surface area contributed by atoms with Crippen molar-refractivity contribution in [3.8, 4) is 0 Å². The molecule has 1 aromatic heterocycles. The Kier molecular flexibility index (Phi) is 5.71. The van der Waals surface area contributed by atoms with Gasteiger partial charge in [-0.05, 0) is 25.1 Å². The van der Waals surface area contributed by atoms with Gasteiger partial charge in [0.15, 0.2) is 0 Å². The second-order valence-electron chi connectivity index (χ2n) is 7.40. The second-order valence-corrected chi connectivity index (χ2v) is 7.40. The summed E-state index contributed by atoms with van der Waals surface area (Å²) in [4.78, 5) is 30.5. The van der Waals surface area contributed by atoms with E-state index in [1.165, 1.54) is 5.69 Å². The van der Waals surface area contributed by atoms with Gasteiger partial charge in [-0.25, -0.2) is 9.97 Å². The monoisotopic (exact) mass is 380 g/mol. The lowest BCUT2D eigenvalue weighted by atomic mass is 10.1. The third-order valence-electron chi connectivity index (χ3n) is 5.77. The van der Waals surface area contributed by atoms with Gasteiger partial charge in [-0.1, -0.05) is 18.2 Å². The van der Waals surface area contributed by atoms with E-state index in [1.54, 1.807) is 12.4 Å². The summed E-state index contributed by atoms with van der Waals surface area (Å²) in [5.74, 6) is 1.02. The highest BCUT2D eigenvalue weighted by atomic mass is 16.2. The molecule has 1 atom stereocenters. The van der Waals surface area contributed by atoms with Gasteiger partial charge >= 0.3 is 0 Å². The van der Waals surface area contributed by atoms with Gasteiger partial charge in [-0.2, -0.15) is 0 Å². The molecule has 4 rings (SSSR count). The minimum atomic E-state index is -0.0814. The number of aromatic nitrogens is 2. The molecule has 0 aliphatic carbocycles. The van der Waals surface area contributed by atoms with E-state index in [1.807, 2.05) is 24.0 Å². The fourth-order valence-electron chi connectivity index (χ4n) is 4.01. The molecule has 1 unspecified atom stereocenters. The molecule has 0 N–H and O–H groups in total.